The van der Waals surface area contributed by atoms with Gasteiger partial charge in [-0.3, -0.25) is 9.79 Å². The maximum atomic E-state index is 11.4. The Kier molecular flexibility index (Phi) is 7.49. The third kappa shape index (κ3) is 7.31. The highest BCUT2D eigenvalue weighted by atomic mass is 32.2. The Bertz CT molecular complexity index is 462. The average Bonchev–Trinajstić information content (AvgIpc) is 2.74. The van der Waals surface area contributed by atoms with E-state index in [1.54, 1.807) is 6.92 Å². The summed E-state index contributed by atoms with van der Waals surface area (Å²) in [5, 5.41) is 6.21. The van der Waals surface area contributed by atoms with Crippen LogP contribution in [-0.4, -0.2) is 57.6 Å². The summed E-state index contributed by atoms with van der Waals surface area (Å²) in [4.78, 5) is 15.5. The number of hydrogen-bond donors (Lipinski definition) is 2. The van der Waals surface area contributed by atoms with Crippen molar-refractivity contribution in [3.05, 3.63) is 0 Å². The van der Waals surface area contributed by atoms with Gasteiger partial charge >= 0.3 is 5.97 Å². The van der Waals surface area contributed by atoms with Gasteiger partial charge in [0.2, 0.25) is 0 Å². The first-order valence-corrected chi connectivity index (χ1v) is 9.20. The molecule has 1 aliphatic rings. The van der Waals surface area contributed by atoms with E-state index in [9.17, 15) is 13.2 Å². The molecule has 1 rings (SSSR count). The largest absolute Gasteiger partial charge is 0.466 e. The fourth-order valence-electron chi connectivity index (χ4n) is 2.07. The Morgan fingerprint density at radius 3 is 2.71 bits per heavy atom. The molecule has 1 saturated heterocycles. The molecule has 1 fully saturated rings. The lowest BCUT2D eigenvalue weighted by molar-refractivity contribution is -0.143. The van der Waals surface area contributed by atoms with Crippen LogP contribution in [0, 0.1) is 0 Å². The van der Waals surface area contributed by atoms with Crippen LogP contribution in [0.1, 0.15) is 33.1 Å². The molecule has 0 spiro atoms. The van der Waals surface area contributed by atoms with Crippen molar-refractivity contribution in [1.82, 2.24) is 10.6 Å². The minimum Gasteiger partial charge on any atom is -0.466 e. The lowest BCUT2D eigenvalue weighted by atomic mass is 10.3. The van der Waals surface area contributed by atoms with Crippen molar-refractivity contribution >= 4 is 21.8 Å². The number of aliphatic imine (C=N–C) groups is 1. The second-order valence-corrected chi connectivity index (χ2v) is 7.14. The maximum Gasteiger partial charge on any atom is 0.305 e. The molecule has 2 N–H and O–H groups in total. The van der Waals surface area contributed by atoms with Gasteiger partial charge in [-0.15, -0.1) is 0 Å². The maximum absolute atomic E-state index is 11.4. The van der Waals surface area contributed by atoms with Gasteiger partial charge in [0.15, 0.2) is 15.8 Å². The van der Waals surface area contributed by atoms with Crippen molar-refractivity contribution in [1.29, 1.82) is 0 Å². The van der Waals surface area contributed by atoms with Crippen LogP contribution in [0.2, 0.25) is 0 Å². The van der Waals surface area contributed by atoms with E-state index in [-0.39, 0.29) is 23.5 Å². The summed E-state index contributed by atoms with van der Waals surface area (Å²) < 4.78 is 27.7. The Hall–Kier alpha value is -1.31. The lowest BCUT2D eigenvalue weighted by Gasteiger charge is -2.15. The molecular weight excluding hydrogens is 294 g/mol. The van der Waals surface area contributed by atoms with Crippen molar-refractivity contribution < 1.29 is 17.9 Å². The van der Waals surface area contributed by atoms with Gasteiger partial charge in [-0.2, -0.15) is 0 Å². The lowest BCUT2D eigenvalue weighted by Crippen LogP contribution is -2.44. The smallest absolute Gasteiger partial charge is 0.305 e. The first-order valence-electron chi connectivity index (χ1n) is 7.37. The Morgan fingerprint density at radius 1 is 1.38 bits per heavy atom. The van der Waals surface area contributed by atoms with E-state index in [1.165, 1.54) is 0 Å². The van der Waals surface area contributed by atoms with Crippen LogP contribution in [-0.2, 0) is 19.4 Å². The Labute approximate surface area is 126 Å². The van der Waals surface area contributed by atoms with Crippen molar-refractivity contribution in [3.63, 3.8) is 0 Å². The van der Waals surface area contributed by atoms with Gasteiger partial charge in [-0.25, -0.2) is 8.42 Å². The van der Waals surface area contributed by atoms with Crippen LogP contribution < -0.4 is 10.6 Å². The van der Waals surface area contributed by atoms with E-state index >= 15 is 0 Å². The standard InChI is InChI=1S/C13H25N3O4S/c1-3-14-13(15-8-5-6-12(17)20-4-2)16-11-7-9-21(18,19)10-11/h11H,3-10H2,1-2H3,(H2,14,15,16). The van der Waals surface area contributed by atoms with Crippen molar-refractivity contribution in [2.75, 3.05) is 31.2 Å². The van der Waals surface area contributed by atoms with E-state index in [1.807, 2.05) is 6.92 Å². The van der Waals surface area contributed by atoms with Gasteiger partial charge in [0.05, 0.1) is 18.1 Å². The molecule has 0 bridgehead atoms. The highest BCUT2D eigenvalue weighted by Gasteiger charge is 2.28. The van der Waals surface area contributed by atoms with Gasteiger partial charge in [-0.05, 0) is 26.7 Å². The van der Waals surface area contributed by atoms with E-state index in [2.05, 4.69) is 15.6 Å². The summed E-state index contributed by atoms with van der Waals surface area (Å²) in [6.07, 6.45) is 1.56. The minimum atomic E-state index is -2.91. The number of sulfone groups is 1. The summed E-state index contributed by atoms with van der Waals surface area (Å²) in [7, 11) is -2.91. The van der Waals surface area contributed by atoms with E-state index in [0.717, 1.165) is 0 Å². The Morgan fingerprint density at radius 2 is 2.14 bits per heavy atom. The summed E-state index contributed by atoms with van der Waals surface area (Å²) in [5.74, 6) is 0.767. The molecule has 0 radical (unpaired) electrons. The SMILES string of the molecule is CCNC(=NCCCC(=O)OCC)NC1CCS(=O)(=O)C1. The summed E-state index contributed by atoms with van der Waals surface area (Å²) >= 11 is 0. The number of ether oxygens (including phenoxy) is 1. The summed E-state index contributed by atoms with van der Waals surface area (Å²) in [5.41, 5.74) is 0. The molecule has 0 saturated carbocycles. The van der Waals surface area contributed by atoms with Crippen LogP contribution in [0.4, 0.5) is 0 Å². The molecule has 1 unspecified atom stereocenters. The number of esters is 1. The monoisotopic (exact) mass is 319 g/mol. The molecule has 0 aliphatic carbocycles. The molecule has 8 heteroatoms. The fourth-order valence-corrected chi connectivity index (χ4v) is 3.74. The quantitative estimate of drug-likeness (QED) is 0.298. The average molecular weight is 319 g/mol. The van der Waals surface area contributed by atoms with Crippen molar-refractivity contribution in [2.24, 2.45) is 4.99 Å². The molecule has 7 nitrogen and oxygen atoms in total. The van der Waals surface area contributed by atoms with Gasteiger partial charge in [0, 0.05) is 25.6 Å². The molecule has 0 amide bonds. The number of hydrogen-bond acceptors (Lipinski definition) is 5. The van der Waals surface area contributed by atoms with Crippen LogP contribution in [0.25, 0.3) is 0 Å². The number of rotatable bonds is 7. The highest BCUT2D eigenvalue weighted by molar-refractivity contribution is 7.91. The van der Waals surface area contributed by atoms with Crippen LogP contribution >= 0.6 is 0 Å². The minimum absolute atomic E-state index is 0.0853. The molecule has 1 atom stereocenters. The second kappa shape index (κ2) is 8.86. The second-order valence-electron chi connectivity index (χ2n) is 4.91. The molecule has 1 aliphatic heterocycles. The number of carbonyl (C=O) groups is 1. The highest BCUT2D eigenvalue weighted by Crippen LogP contribution is 2.10. The molecule has 0 aromatic rings. The van der Waals surface area contributed by atoms with E-state index in [0.29, 0.717) is 44.9 Å². The molecule has 122 valence electrons. The number of nitrogens with zero attached hydrogens (tertiary/aromatic N) is 1. The molecule has 1 heterocycles. The zero-order valence-corrected chi connectivity index (χ0v) is 13.5. The Balaban J connectivity index is 2.38. The van der Waals surface area contributed by atoms with Gasteiger partial charge in [0.25, 0.3) is 0 Å². The first-order chi connectivity index (χ1) is 9.96. The number of carbonyl (C=O) groups excluding carboxylic acids is 1. The van der Waals surface area contributed by atoms with Crippen molar-refractivity contribution in [2.45, 2.75) is 39.2 Å². The van der Waals surface area contributed by atoms with E-state index in [4.69, 9.17) is 4.74 Å². The number of nitrogens with one attached hydrogen (secondary N) is 2. The predicted octanol–water partition coefficient (Wildman–Crippen LogP) is 0.0719. The van der Waals surface area contributed by atoms with Gasteiger partial charge < -0.3 is 15.4 Å². The van der Waals surface area contributed by atoms with Gasteiger partial charge in [0.1, 0.15) is 0 Å². The van der Waals surface area contributed by atoms with Crippen LogP contribution in [0.15, 0.2) is 4.99 Å². The van der Waals surface area contributed by atoms with Crippen molar-refractivity contribution in [3.8, 4) is 0 Å². The zero-order chi connectivity index (χ0) is 15.7. The van der Waals surface area contributed by atoms with Crippen LogP contribution in [0.3, 0.4) is 0 Å². The van der Waals surface area contributed by atoms with Gasteiger partial charge in [-0.1, -0.05) is 0 Å². The fraction of sp³-hybridized carbons (Fsp3) is 0.846. The third-order valence-corrected chi connectivity index (χ3v) is 4.80. The first kappa shape index (κ1) is 17.7. The zero-order valence-electron chi connectivity index (χ0n) is 12.7. The summed E-state index contributed by atoms with van der Waals surface area (Å²) in [6.45, 7) is 5.30. The normalized spacial score (nSPS) is 21.0. The number of guanidine groups is 1. The molecular formula is C13H25N3O4S. The summed E-state index contributed by atoms with van der Waals surface area (Å²) in [6, 6.07) is -0.0853. The van der Waals surface area contributed by atoms with E-state index < -0.39 is 9.84 Å². The predicted molar refractivity (Wildman–Crippen MR) is 82.0 cm³/mol. The van der Waals surface area contributed by atoms with Crippen LogP contribution in [0.5, 0.6) is 0 Å². The third-order valence-electron chi connectivity index (χ3n) is 3.03. The molecule has 0 aromatic heterocycles. The topological polar surface area (TPSA) is 96.9 Å². The molecule has 21 heavy (non-hydrogen) atoms. The molecule has 0 aromatic carbocycles.